The summed E-state index contributed by atoms with van der Waals surface area (Å²) in [5.74, 6) is -2.29. The topological polar surface area (TPSA) is 145 Å². The number of nitrogens with zero attached hydrogens (tertiary/aromatic N) is 5. The first-order valence-corrected chi connectivity index (χ1v) is 19.0. The number of carbonyl (C=O) groups is 1. The van der Waals surface area contributed by atoms with Gasteiger partial charge in [-0.1, -0.05) is 19.1 Å². The highest BCUT2D eigenvalue weighted by Gasteiger charge is 2.42. The molecule has 0 bridgehead atoms. The summed E-state index contributed by atoms with van der Waals surface area (Å²) < 4.78 is 81.0. The predicted octanol–water partition coefficient (Wildman–Crippen LogP) is 5.91. The maximum absolute atomic E-state index is 14.5. The lowest BCUT2D eigenvalue weighted by Gasteiger charge is -2.38. The van der Waals surface area contributed by atoms with Crippen molar-refractivity contribution in [1.29, 1.82) is 0 Å². The molecule has 2 aromatic heterocycles. The maximum atomic E-state index is 14.5. The molecule has 0 radical (unpaired) electrons. The van der Waals surface area contributed by atoms with Gasteiger partial charge in [0.1, 0.15) is 23.0 Å². The molecule has 6 rings (SSSR count). The molecule has 1 atom stereocenters. The molecule has 54 heavy (non-hydrogen) atoms. The number of amides is 1. The number of halogens is 2. The average Bonchev–Trinajstić information content (AvgIpc) is 3.18. The number of carbonyl (C=O) groups excluding carboxylic acids is 1. The first kappa shape index (κ1) is 38.6. The molecule has 13 nitrogen and oxygen atoms in total. The van der Waals surface area contributed by atoms with E-state index in [0.29, 0.717) is 52.7 Å². The molecule has 0 saturated carbocycles. The summed E-state index contributed by atoms with van der Waals surface area (Å²) in [5, 5.41) is 2.45. The van der Waals surface area contributed by atoms with Crippen molar-refractivity contribution in [3.05, 3.63) is 82.9 Å². The number of sulfonamides is 1. The summed E-state index contributed by atoms with van der Waals surface area (Å²) in [4.78, 5) is 29.4. The summed E-state index contributed by atoms with van der Waals surface area (Å²) >= 11 is 0. The largest absolute Gasteiger partial charge is 0.497 e. The Balaban J connectivity index is 1.34. The summed E-state index contributed by atoms with van der Waals surface area (Å²) in [7, 11) is 1.64. The van der Waals surface area contributed by atoms with Crippen LogP contribution in [0.2, 0.25) is 0 Å². The lowest BCUT2D eigenvalue weighted by molar-refractivity contribution is -0.0652. The molecule has 3 heterocycles. The summed E-state index contributed by atoms with van der Waals surface area (Å²) in [6.07, 6.45) is 4.05. The standard InChI is InChI=1S/C38H44F2N6O7S/c1-24-21-45(17-15-38(24,39)40)36-35(43-30-8-6-7-9-31(30)44-36)37(47)42-27-14-16-41-34(18-27)54(48,49)46(22-25-10-12-28(50-2)19-32(25)52-4)23-26-11-13-29(51-3)20-33(26)53-5/h10-14,16,18-20,24H,6-9,15,17,21-23H2,1-5H3,(H,41,42,47). The second kappa shape index (κ2) is 16.1. The van der Waals surface area contributed by atoms with Crippen LogP contribution in [0, 0.1) is 5.92 Å². The third-order valence-electron chi connectivity index (χ3n) is 9.83. The van der Waals surface area contributed by atoms with Crippen molar-refractivity contribution in [3.63, 3.8) is 0 Å². The minimum Gasteiger partial charge on any atom is -0.497 e. The van der Waals surface area contributed by atoms with Crippen LogP contribution >= 0.6 is 0 Å². The van der Waals surface area contributed by atoms with E-state index in [1.807, 2.05) is 0 Å². The Kier molecular flexibility index (Phi) is 11.5. The number of aryl methyl sites for hydroxylation is 2. The van der Waals surface area contributed by atoms with E-state index >= 15 is 0 Å². The van der Waals surface area contributed by atoms with E-state index in [-0.39, 0.29) is 54.8 Å². The summed E-state index contributed by atoms with van der Waals surface area (Å²) in [6, 6.07) is 12.9. The molecule has 1 N–H and O–H groups in total. The number of hydrogen-bond donors (Lipinski definition) is 1. The van der Waals surface area contributed by atoms with Crippen LogP contribution in [0.5, 0.6) is 23.0 Å². The van der Waals surface area contributed by atoms with Gasteiger partial charge in [-0.2, -0.15) is 4.31 Å². The molecule has 4 aromatic rings. The van der Waals surface area contributed by atoms with Crippen molar-refractivity contribution in [1.82, 2.24) is 19.3 Å². The minimum absolute atomic E-state index is 0.00545. The number of rotatable bonds is 13. The monoisotopic (exact) mass is 766 g/mol. The number of pyridine rings is 1. The number of anilines is 2. The first-order chi connectivity index (χ1) is 25.9. The molecule has 1 unspecified atom stereocenters. The molecule has 2 aromatic carbocycles. The van der Waals surface area contributed by atoms with E-state index in [4.69, 9.17) is 28.9 Å². The van der Waals surface area contributed by atoms with Gasteiger partial charge in [-0.3, -0.25) is 4.79 Å². The smallest absolute Gasteiger partial charge is 0.278 e. The Bertz CT molecular complexity index is 2060. The number of methoxy groups -OCH3 is 4. The van der Waals surface area contributed by atoms with Crippen LogP contribution in [-0.2, 0) is 36.0 Å². The molecule has 0 spiro atoms. The molecular weight excluding hydrogens is 723 g/mol. The third kappa shape index (κ3) is 8.18. The van der Waals surface area contributed by atoms with E-state index < -0.39 is 27.8 Å². The molecule has 16 heteroatoms. The number of benzene rings is 2. The fourth-order valence-electron chi connectivity index (χ4n) is 6.65. The SMILES string of the molecule is COc1ccc(CN(Cc2ccc(OC)cc2OC)S(=O)(=O)c2cc(NC(=O)c3nc4c(nc3N3CCC(F)(F)C(C)C3)CCCC4)ccn2)c(OC)c1. The predicted molar refractivity (Wildman–Crippen MR) is 197 cm³/mol. The Hall–Kier alpha value is -5.09. The van der Waals surface area contributed by atoms with Crippen molar-refractivity contribution in [2.75, 3.05) is 51.7 Å². The van der Waals surface area contributed by atoms with Gasteiger partial charge in [0.25, 0.3) is 21.9 Å². The van der Waals surface area contributed by atoms with Gasteiger partial charge in [-0.15, -0.1) is 0 Å². The number of piperidine rings is 1. The van der Waals surface area contributed by atoms with E-state index in [1.54, 1.807) is 41.3 Å². The molecule has 2 aliphatic rings. The van der Waals surface area contributed by atoms with Gasteiger partial charge in [-0.25, -0.2) is 32.2 Å². The highest BCUT2D eigenvalue weighted by molar-refractivity contribution is 7.89. The normalized spacial score (nSPS) is 16.7. The number of fused-ring (bicyclic) bond motifs is 1. The van der Waals surface area contributed by atoms with E-state index in [9.17, 15) is 22.0 Å². The molecule has 1 aliphatic heterocycles. The van der Waals surface area contributed by atoms with Gasteiger partial charge in [-0.05, 0) is 43.9 Å². The van der Waals surface area contributed by atoms with E-state index in [1.165, 1.54) is 58.0 Å². The van der Waals surface area contributed by atoms with E-state index in [0.717, 1.165) is 18.5 Å². The van der Waals surface area contributed by atoms with Gasteiger partial charge in [0, 0.05) is 79.7 Å². The Morgan fingerprint density at radius 3 is 2.04 bits per heavy atom. The van der Waals surface area contributed by atoms with Crippen LogP contribution in [0.4, 0.5) is 20.3 Å². The molecular formula is C38H44F2N6O7S. The number of alkyl halides is 2. The number of aromatic nitrogens is 3. The summed E-state index contributed by atoms with van der Waals surface area (Å²) in [6.45, 7) is 1.26. The number of hydrogen-bond acceptors (Lipinski definition) is 11. The van der Waals surface area contributed by atoms with Crippen LogP contribution < -0.4 is 29.2 Å². The molecule has 1 saturated heterocycles. The van der Waals surface area contributed by atoms with Gasteiger partial charge < -0.3 is 29.2 Å². The first-order valence-electron chi connectivity index (χ1n) is 17.6. The van der Waals surface area contributed by atoms with Gasteiger partial charge in [0.2, 0.25) is 0 Å². The number of ether oxygens (including phenoxy) is 4. The fourth-order valence-corrected chi connectivity index (χ4v) is 8.01. The van der Waals surface area contributed by atoms with Crippen LogP contribution in [0.25, 0.3) is 0 Å². The lowest BCUT2D eigenvalue weighted by Crippen LogP contribution is -2.47. The Morgan fingerprint density at radius 1 is 0.889 bits per heavy atom. The molecule has 288 valence electrons. The Morgan fingerprint density at radius 2 is 1.48 bits per heavy atom. The van der Waals surface area contributed by atoms with Crippen molar-refractivity contribution in [3.8, 4) is 23.0 Å². The second-order valence-electron chi connectivity index (χ2n) is 13.3. The Labute approximate surface area is 313 Å². The highest BCUT2D eigenvalue weighted by atomic mass is 32.2. The number of nitrogens with one attached hydrogen (secondary N) is 1. The molecule has 1 amide bonds. The fraction of sp³-hybridized carbons (Fsp3) is 0.421. The quantitative estimate of drug-likeness (QED) is 0.173. The van der Waals surface area contributed by atoms with Crippen molar-refractivity contribution in [2.45, 2.75) is 63.1 Å². The molecule has 1 fully saturated rings. The average molecular weight is 767 g/mol. The molecule has 1 aliphatic carbocycles. The van der Waals surface area contributed by atoms with Crippen LogP contribution in [0.1, 0.15) is 59.2 Å². The minimum atomic E-state index is -4.37. The van der Waals surface area contributed by atoms with Crippen LogP contribution in [0.3, 0.4) is 0 Å². The third-order valence-corrected chi connectivity index (χ3v) is 11.5. The second-order valence-corrected chi connectivity index (χ2v) is 15.2. The van der Waals surface area contributed by atoms with Crippen molar-refractivity contribution in [2.24, 2.45) is 5.92 Å². The summed E-state index contributed by atoms with van der Waals surface area (Å²) in [5.41, 5.74) is 2.71. The van der Waals surface area contributed by atoms with Gasteiger partial charge in [0.15, 0.2) is 16.5 Å². The van der Waals surface area contributed by atoms with Gasteiger partial charge in [0.05, 0.1) is 39.8 Å². The van der Waals surface area contributed by atoms with Crippen molar-refractivity contribution < 1.29 is 40.9 Å². The van der Waals surface area contributed by atoms with Gasteiger partial charge >= 0.3 is 0 Å². The van der Waals surface area contributed by atoms with Crippen molar-refractivity contribution >= 4 is 27.4 Å². The zero-order chi connectivity index (χ0) is 38.6. The van der Waals surface area contributed by atoms with E-state index in [2.05, 4.69) is 10.3 Å². The zero-order valence-electron chi connectivity index (χ0n) is 30.9. The van der Waals surface area contributed by atoms with Crippen LogP contribution in [0.15, 0.2) is 59.8 Å². The zero-order valence-corrected chi connectivity index (χ0v) is 31.7. The van der Waals surface area contributed by atoms with Crippen LogP contribution in [-0.4, -0.2) is 81.0 Å². The highest BCUT2D eigenvalue weighted by Crippen LogP contribution is 2.37. The lowest BCUT2D eigenvalue weighted by atomic mass is 9.95. The maximum Gasteiger partial charge on any atom is 0.278 e.